The van der Waals surface area contributed by atoms with Crippen LogP contribution in [0.5, 0.6) is 0 Å². The van der Waals surface area contributed by atoms with E-state index >= 15 is 0 Å². The van der Waals surface area contributed by atoms with Gasteiger partial charge in [0.1, 0.15) is 5.82 Å². The van der Waals surface area contributed by atoms with Crippen LogP contribution in [-0.2, 0) is 11.3 Å². The lowest BCUT2D eigenvalue weighted by atomic mass is 10.0. The summed E-state index contributed by atoms with van der Waals surface area (Å²) in [6.45, 7) is 7.61. The number of carboxylic acids is 1. The third-order valence-corrected chi connectivity index (χ3v) is 4.69. The number of amides is 1. The molecule has 0 heterocycles. The average Bonchev–Trinajstić information content (AvgIpc) is 2.66. The molecule has 0 aromatic heterocycles. The fourth-order valence-electron chi connectivity index (χ4n) is 2.79. The van der Waals surface area contributed by atoms with Gasteiger partial charge in [0.15, 0.2) is 0 Å². The van der Waals surface area contributed by atoms with Gasteiger partial charge in [0.2, 0.25) is 0 Å². The number of halogens is 2. The quantitative estimate of drug-likeness (QED) is 0.319. The molecule has 8 heteroatoms. The molecule has 0 saturated carbocycles. The number of nitrogens with zero attached hydrogens (tertiary/aromatic N) is 1. The van der Waals surface area contributed by atoms with E-state index in [4.69, 9.17) is 22.6 Å². The number of nitrogens with two attached hydrogens (primary N) is 1. The zero-order valence-electron chi connectivity index (χ0n) is 16.7. The molecule has 0 spiro atoms. The Morgan fingerprint density at radius 1 is 1.20 bits per heavy atom. The summed E-state index contributed by atoms with van der Waals surface area (Å²) in [7, 11) is 0. The Morgan fingerprint density at radius 2 is 1.83 bits per heavy atom. The minimum absolute atomic E-state index is 0.108. The van der Waals surface area contributed by atoms with Crippen molar-refractivity contribution >= 4 is 29.2 Å². The number of allylic oxidation sites excluding steroid dienone is 2. The highest BCUT2D eigenvalue weighted by Crippen LogP contribution is 2.21. The molecule has 0 atom stereocenters. The second-order valence-electron chi connectivity index (χ2n) is 6.82. The first-order chi connectivity index (χ1) is 14.1. The highest BCUT2D eigenvalue weighted by atomic mass is 35.5. The van der Waals surface area contributed by atoms with E-state index in [-0.39, 0.29) is 17.0 Å². The third kappa shape index (κ3) is 6.17. The maximum Gasteiger partial charge on any atom is 0.307 e. The van der Waals surface area contributed by atoms with Crippen molar-refractivity contribution in [1.29, 1.82) is 0 Å². The molecule has 2 aromatic carbocycles. The molecule has 0 radical (unpaired) electrons. The number of aliphatic carboxylic acids is 1. The highest BCUT2D eigenvalue weighted by molar-refractivity contribution is 6.30. The van der Waals surface area contributed by atoms with Gasteiger partial charge in [-0.1, -0.05) is 35.9 Å². The number of hydrogen-bond acceptors (Lipinski definition) is 4. The van der Waals surface area contributed by atoms with Gasteiger partial charge in [-0.3, -0.25) is 9.59 Å². The first-order valence-corrected chi connectivity index (χ1v) is 9.41. The van der Waals surface area contributed by atoms with Gasteiger partial charge in [-0.05, 0) is 55.3 Å². The van der Waals surface area contributed by atoms with Crippen LogP contribution in [0.15, 0.2) is 65.9 Å². The number of hydrogen-bond donors (Lipinski definition) is 3. The summed E-state index contributed by atoms with van der Waals surface area (Å²) in [5.74, 6) is 3.86. The van der Waals surface area contributed by atoms with Crippen molar-refractivity contribution in [2.24, 2.45) is 5.84 Å². The maximum atomic E-state index is 13.9. The van der Waals surface area contributed by atoms with Gasteiger partial charge in [-0.25, -0.2) is 10.2 Å². The van der Waals surface area contributed by atoms with Gasteiger partial charge in [0.25, 0.3) is 5.91 Å². The lowest BCUT2D eigenvalue weighted by Crippen LogP contribution is -2.30. The van der Waals surface area contributed by atoms with Crippen LogP contribution in [0.25, 0.3) is 0 Å². The molecule has 0 saturated heterocycles. The first kappa shape index (κ1) is 23.1. The van der Waals surface area contributed by atoms with Crippen LogP contribution in [0.1, 0.15) is 36.2 Å². The normalized spacial score (nSPS) is 11.5. The topological polar surface area (TPSA) is 95.7 Å². The van der Waals surface area contributed by atoms with E-state index in [2.05, 4.69) is 11.9 Å². The Morgan fingerprint density at radius 3 is 2.37 bits per heavy atom. The standard InChI is InChI=1S/C22H23ClFN3O3/c1-13(2)19(11-21(28)29)14(3)27(25)12-15-4-7-17(8-5-15)26-22(30)18-9-6-16(23)10-20(18)24/h4-10H,1,11-12,25H2,2-3H3,(H,26,30)(H,28,29)/b19-14-. The minimum Gasteiger partial charge on any atom is -0.481 e. The van der Waals surface area contributed by atoms with Gasteiger partial charge in [0.05, 0.1) is 18.5 Å². The van der Waals surface area contributed by atoms with Crippen LogP contribution in [0.3, 0.4) is 0 Å². The summed E-state index contributed by atoms with van der Waals surface area (Å²) < 4.78 is 13.9. The van der Waals surface area contributed by atoms with Gasteiger partial charge in [0, 0.05) is 16.4 Å². The molecular weight excluding hydrogens is 409 g/mol. The second kappa shape index (κ2) is 10.0. The van der Waals surface area contributed by atoms with E-state index in [1.165, 1.54) is 17.1 Å². The van der Waals surface area contributed by atoms with Gasteiger partial charge in [-0.15, -0.1) is 0 Å². The number of rotatable bonds is 8. The monoisotopic (exact) mass is 431 g/mol. The number of anilines is 1. The smallest absolute Gasteiger partial charge is 0.307 e. The predicted octanol–water partition coefficient (Wildman–Crippen LogP) is 4.73. The van der Waals surface area contributed by atoms with Crippen LogP contribution in [0, 0.1) is 5.82 Å². The number of carbonyl (C=O) groups is 2. The zero-order valence-corrected chi connectivity index (χ0v) is 17.5. The number of nitrogens with one attached hydrogen (secondary N) is 1. The van der Waals surface area contributed by atoms with Crippen molar-refractivity contribution in [3.63, 3.8) is 0 Å². The van der Waals surface area contributed by atoms with Crippen molar-refractivity contribution in [3.8, 4) is 0 Å². The number of carboxylic acid groups (broad SMARTS) is 1. The molecule has 1 amide bonds. The Bertz CT molecular complexity index is 1000. The first-order valence-electron chi connectivity index (χ1n) is 9.03. The summed E-state index contributed by atoms with van der Waals surface area (Å²) in [5.41, 5.74) is 3.03. The molecule has 0 bridgehead atoms. The van der Waals surface area contributed by atoms with Crippen LogP contribution in [-0.4, -0.2) is 22.0 Å². The van der Waals surface area contributed by atoms with Crippen LogP contribution >= 0.6 is 11.6 Å². The summed E-state index contributed by atoms with van der Waals surface area (Å²) in [6.07, 6.45) is -0.166. The van der Waals surface area contributed by atoms with Crippen LogP contribution in [0.2, 0.25) is 5.02 Å². The molecule has 2 rings (SSSR count). The molecule has 4 N–H and O–H groups in total. The van der Waals surface area contributed by atoms with Crippen LogP contribution in [0.4, 0.5) is 10.1 Å². The number of carbonyl (C=O) groups excluding carboxylic acids is 1. The van der Waals surface area contributed by atoms with Crippen molar-refractivity contribution in [2.75, 3.05) is 5.32 Å². The summed E-state index contributed by atoms with van der Waals surface area (Å²) in [4.78, 5) is 23.3. The Kier molecular flexibility index (Phi) is 7.74. The van der Waals surface area contributed by atoms with Crippen molar-refractivity contribution in [1.82, 2.24) is 5.01 Å². The SMILES string of the molecule is C=C(C)/C(CC(=O)O)=C(/C)N(N)Cc1ccc(NC(=O)c2ccc(Cl)cc2F)cc1. The number of hydrazine groups is 1. The van der Waals surface area contributed by atoms with Crippen molar-refractivity contribution in [2.45, 2.75) is 26.8 Å². The fourth-order valence-corrected chi connectivity index (χ4v) is 2.95. The van der Waals surface area contributed by atoms with Gasteiger partial charge < -0.3 is 15.4 Å². The lowest BCUT2D eigenvalue weighted by Gasteiger charge is -2.23. The van der Waals surface area contributed by atoms with Gasteiger partial charge in [-0.2, -0.15) is 0 Å². The zero-order chi connectivity index (χ0) is 22.4. The molecule has 158 valence electrons. The third-order valence-electron chi connectivity index (χ3n) is 4.45. The summed E-state index contributed by atoms with van der Waals surface area (Å²) in [6, 6.07) is 10.7. The molecule has 0 fully saturated rings. The molecule has 2 aromatic rings. The Balaban J connectivity index is 2.09. The van der Waals surface area contributed by atoms with E-state index in [0.717, 1.165) is 11.6 Å². The molecule has 0 unspecified atom stereocenters. The van der Waals surface area contributed by atoms with Crippen molar-refractivity contribution < 1.29 is 19.1 Å². The maximum absolute atomic E-state index is 13.9. The predicted molar refractivity (Wildman–Crippen MR) is 115 cm³/mol. The fraction of sp³-hybridized carbons (Fsp3) is 0.182. The van der Waals surface area contributed by atoms with E-state index in [1.807, 2.05) is 0 Å². The summed E-state index contributed by atoms with van der Waals surface area (Å²) >= 11 is 5.70. The minimum atomic E-state index is -0.960. The molecular formula is C22H23ClFN3O3. The average molecular weight is 432 g/mol. The largest absolute Gasteiger partial charge is 0.481 e. The molecule has 0 aliphatic carbocycles. The van der Waals surface area contributed by atoms with Crippen molar-refractivity contribution in [3.05, 3.63) is 87.9 Å². The van der Waals surface area contributed by atoms with Crippen LogP contribution < -0.4 is 11.2 Å². The lowest BCUT2D eigenvalue weighted by molar-refractivity contribution is -0.136. The molecule has 6 nitrogen and oxygen atoms in total. The van der Waals surface area contributed by atoms with E-state index in [0.29, 0.717) is 29.1 Å². The van der Waals surface area contributed by atoms with E-state index < -0.39 is 17.7 Å². The van der Waals surface area contributed by atoms with Gasteiger partial charge >= 0.3 is 5.97 Å². The second-order valence-corrected chi connectivity index (χ2v) is 7.25. The van der Waals surface area contributed by atoms with E-state index in [1.54, 1.807) is 38.1 Å². The Hall–Kier alpha value is -3.16. The molecule has 0 aliphatic heterocycles. The Labute approximate surface area is 179 Å². The highest BCUT2D eigenvalue weighted by Gasteiger charge is 2.14. The summed E-state index contributed by atoms with van der Waals surface area (Å²) in [5, 5.41) is 13.4. The molecule has 30 heavy (non-hydrogen) atoms. The van der Waals surface area contributed by atoms with E-state index in [9.17, 15) is 14.0 Å². The molecule has 0 aliphatic rings. The number of benzene rings is 2.